The lowest BCUT2D eigenvalue weighted by molar-refractivity contribution is -0.135. The number of amides is 2. The van der Waals surface area contributed by atoms with Gasteiger partial charge in [0, 0.05) is 52.1 Å². The summed E-state index contributed by atoms with van der Waals surface area (Å²) in [4.78, 5) is 29.6. The third kappa shape index (κ3) is 3.86. The SMILES string of the molecule is CN(C)C(=O)CN1CCN(C(=O)C2CC(S)CN2)CC1. The number of hydrogen-bond acceptors (Lipinski definition) is 5. The first-order valence-electron chi connectivity index (χ1n) is 7.10. The topological polar surface area (TPSA) is 55.9 Å². The van der Waals surface area contributed by atoms with Gasteiger partial charge in [0.1, 0.15) is 0 Å². The van der Waals surface area contributed by atoms with Gasteiger partial charge in [-0.05, 0) is 6.42 Å². The van der Waals surface area contributed by atoms with Gasteiger partial charge in [0.2, 0.25) is 11.8 Å². The van der Waals surface area contributed by atoms with Gasteiger partial charge in [-0.1, -0.05) is 0 Å². The van der Waals surface area contributed by atoms with Crippen LogP contribution >= 0.6 is 12.6 Å². The number of hydrogen-bond donors (Lipinski definition) is 2. The number of piperazine rings is 1. The summed E-state index contributed by atoms with van der Waals surface area (Å²) in [5, 5.41) is 3.50. The Kier molecular flexibility index (Phi) is 5.29. The van der Waals surface area contributed by atoms with E-state index in [4.69, 9.17) is 0 Å². The summed E-state index contributed by atoms with van der Waals surface area (Å²) in [5.74, 6) is 0.292. The normalized spacial score (nSPS) is 27.6. The van der Waals surface area contributed by atoms with E-state index in [0.717, 1.165) is 26.1 Å². The van der Waals surface area contributed by atoms with Crippen molar-refractivity contribution in [2.45, 2.75) is 17.7 Å². The van der Waals surface area contributed by atoms with Crippen LogP contribution in [-0.4, -0.2) is 91.2 Å². The molecule has 114 valence electrons. The third-order valence-electron chi connectivity index (χ3n) is 3.95. The summed E-state index contributed by atoms with van der Waals surface area (Å²) >= 11 is 4.40. The van der Waals surface area contributed by atoms with Gasteiger partial charge in [-0.2, -0.15) is 12.6 Å². The first-order valence-corrected chi connectivity index (χ1v) is 7.61. The molecule has 0 aromatic rings. The molecule has 2 unspecified atom stereocenters. The predicted molar refractivity (Wildman–Crippen MR) is 80.9 cm³/mol. The maximum Gasteiger partial charge on any atom is 0.239 e. The van der Waals surface area contributed by atoms with Crippen LogP contribution < -0.4 is 5.32 Å². The van der Waals surface area contributed by atoms with Crippen molar-refractivity contribution in [3.63, 3.8) is 0 Å². The van der Waals surface area contributed by atoms with E-state index < -0.39 is 0 Å². The quantitative estimate of drug-likeness (QED) is 0.648. The minimum absolute atomic E-state index is 0.0764. The molecule has 7 heteroatoms. The van der Waals surface area contributed by atoms with Crippen molar-refractivity contribution in [2.75, 3.05) is 53.4 Å². The monoisotopic (exact) mass is 300 g/mol. The molecule has 0 bridgehead atoms. The maximum absolute atomic E-state index is 12.3. The second-order valence-electron chi connectivity index (χ2n) is 5.74. The van der Waals surface area contributed by atoms with E-state index in [9.17, 15) is 9.59 Å². The maximum atomic E-state index is 12.3. The van der Waals surface area contributed by atoms with Gasteiger partial charge in [-0.3, -0.25) is 14.5 Å². The Morgan fingerprint density at radius 3 is 2.40 bits per heavy atom. The van der Waals surface area contributed by atoms with E-state index in [-0.39, 0.29) is 23.1 Å². The number of nitrogens with zero attached hydrogens (tertiary/aromatic N) is 3. The van der Waals surface area contributed by atoms with Crippen molar-refractivity contribution in [2.24, 2.45) is 0 Å². The molecule has 2 rings (SSSR count). The highest BCUT2D eigenvalue weighted by molar-refractivity contribution is 7.81. The fraction of sp³-hybridized carbons (Fsp3) is 0.846. The molecular formula is C13H24N4O2S. The number of likely N-dealkylation sites (N-methyl/N-ethyl adjacent to an activating group) is 1. The van der Waals surface area contributed by atoms with Crippen LogP contribution in [0.25, 0.3) is 0 Å². The van der Waals surface area contributed by atoms with Gasteiger partial charge in [0.15, 0.2) is 0 Å². The smallest absolute Gasteiger partial charge is 0.239 e. The lowest BCUT2D eigenvalue weighted by atomic mass is 10.2. The number of nitrogens with one attached hydrogen (secondary N) is 1. The molecule has 0 aromatic heterocycles. The molecule has 2 fully saturated rings. The summed E-state index contributed by atoms with van der Waals surface area (Å²) < 4.78 is 0. The molecule has 6 nitrogen and oxygen atoms in total. The number of carbonyl (C=O) groups is 2. The van der Waals surface area contributed by atoms with Crippen LogP contribution in [0, 0.1) is 0 Å². The van der Waals surface area contributed by atoms with Crippen molar-refractivity contribution < 1.29 is 9.59 Å². The van der Waals surface area contributed by atoms with Gasteiger partial charge < -0.3 is 15.1 Å². The number of thiol groups is 1. The Bertz CT molecular complexity index is 369. The van der Waals surface area contributed by atoms with E-state index in [1.807, 2.05) is 4.90 Å². The zero-order chi connectivity index (χ0) is 14.7. The Labute approximate surface area is 125 Å². The molecule has 2 heterocycles. The van der Waals surface area contributed by atoms with Crippen molar-refractivity contribution in [1.82, 2.24) is 20.0 Å². The molecule has 2 aliphatic rings. The van der Waals surface area contributed by atoms with Crippen LogP contribution in [0.2, 0.25) is 0 Å². The molecule has 2 amide bonds. The van der Waals surface area contributed by atoms with Crippen LogP contribution in [0.5, 0.6) is 0 Å². The average molecular weight is 300 g/mol. The average Bonchev–Trinajstić information content (AvgIpc) is 2.85. The van der Waals surface area contributed by atoms with Crippen molar-refractivity contribution in [3.05, 3.63) is 0 Å². The second-order valence-corrected chi connectivity index (χ2v) is 6.47. The van der Waals surface area contributed by atoms with Crippen LogP contribution in [-0.2, 0) is 9.59 Å². The van der Waals surface area contributed by atoms with Crippen LogP contribution in [0.3, 0.4) is 0 Å². The molecule has 1 N–H and O–H groups in total. The highest BCUT2D eigenvalue weighted by atomic mass is 32.1. The minimum atomic E-state index is -0.0764. The molecule has 0 saturated carbocycles. The van der Waals surface area contributed by atoms with Crippen molar-refractivity contribution in [1.29, 1.82) is 0 Å². The number of carbonyl (C=O) groups excluding carboxylic acids is 2. The molecule has 0 aromatic carbocycles. The Morgan fingerprint density at radius 2 is 1.90 bits per heavy atom. The molecule has 0 aliphatic carbocycles. The molecule has 2 atom stereocenters. The Balaban J connectivity index is 1.76. The highest BCUT2D eigenvalue weighted by Crippen LogP contribution is 2.15. The van der Waals surface area contributed by atoms with E-state index in [0.29, 0.717) is 19.6 Å². The van der Waals surface area contributed by atoms with Gasteiger partial charge in [-0.25, -0.2) is 0 Å². The van der Waals surface area contributed by atoms with Gasteiger partial charge in [0.05, 0.1) is 12.6 Å². The van der Waals surface area contributed by atoms with Crippen LogP contribution in [0.1, 0.15) is 6.42 Å². The number of rotatable bonds is 3. The zero-order valence-electron chi connectivity index (χ0n) is 12.2. The van der Waals surface area contributed by atoms with Gasteiger partial charge >= 0.3 is 0 Å². The minimum Gasteiger partial charge on any atom is -0.348 e. The van der Waals surface area contributed by atoms with Crippen molar-refractivity contribution >= 4 is 24.4 Å². The van der Waals surface area contributed by atoms with Crippen LogP contribution in [0.15, 0.2) is 0 Å². The molecule has 20 heavy (non-hydrogen) atoms. The summed E-state index contributed by atoms with van der Waals surface area (Å²) in [5.41, 5.74) is 0. The molecule has 2 aliphatic heterocycles. The summed E-state index contributed by atoms with van der Waals surface area (Å²) in [6.45, 7) is 4.18. The van der Waals surface area contributed by atoms with E-state index in [1.54, 1.807) is 19.0 Å². The fourth-order valence-electron chi connectivity index (χ4n) is 2.58. The summed E-state index contributed by atoms with van der Waals surface area (Å²) in [7, 11) is 3.53. The molecule has 2 saturated heterocycles. The highest BCUT2D eigenvalue weighted by Gasteiger charge is 2.32. The third-order valence-corrected chi connectivity index (χ3v) is 4.34. The first-order chi connectivity index (χ1) is 9.47. The van der Waals surface area contributed by atoms with Crippen LogP contribution in [0.4, 0.5) is 0 Å². The van der Waals surface area contributed by atoms with Gasteiger partial charge in [-0.15, -0.1) is 0 Å². The van der Waals surface area contributed by atoms with E-state index in [1.165, 1.54) is 0 Å². The second kappa shape index (κ2) is 6.78. The standard InChI is InChI=1S/C13H24N4O2S/c1-15(2)12(18)9-16-3-5-17(6-4-16)13(19)11-7-10(20)8-14-11/h10-11,14,20H,3-9H2,1-2H3. The summed E-state index contributed by atoms with van der Waals surface area (Å²) in [6.07, 6.45) is 0.807. The zero-order valence-corrected chi connectivity index (χ0v) is 13.1. The molecular weight excluding hydrogens is 276 g/mol. The Hall–Kier alpha value is -0.790. The van der Waals surface area contributed by atoms with Crippen molar-refractivity contribution in [3.8, 4) is 0 Å². The van der Waals surface area contributed by atoms with Gasteiger partial charge in [0.25, 0.3) is 0 Å². The fourth-order valence-corrected chi connectivity index (χ4v) is 2.90. The lowest BCUT2D eigenvalue weighted by Crippen LogP contribution is -2.54. The largest absolute Gasteiger partial charge is 0.348 e. The predicted octanol–water partition coefficient (Wildman–Crippen LogP) is -1.12. The molecule has 0 spiro atoms. The molecule has 0 radical (unpaired) electrons. The lowest BCUT2D eigenvalue weighted by Gasteiger charge is -2.35. The first kappa shape index (κ1) is 15.6. The van der Waals surface area contributed by atoms with E-state index in [2.05, 4.69) is 22.8 Å². The Morgan fingerprint density at radius 1 is 1.25 bits per heavy atom. The summed E-state index contributed by atoms with van der Waals surface area (Å²) in [6, 6.07) is -0.0764. The van der Waals surface area contributed by atoms with E-state index >= 15 is 0 Å².